The summed E-state index contributed by atoms with van der Waals surface area (Å²) in [5.74, 6) is -0.801. The molecule has 0 saturated carbocycles. The van der Waals surface area contributed by atoms with Gasteiger partial charge in [0.1, 0.15) is 17.5 Å². The number of halogens is 2. The maximum Gasteiger partial charge on any atom is 0.408 e. The first-order chi connectivity index (χ1) is 14.2. The molecule has 0 aromatic heterocycles. The Kier molecular flexibility index (Phi) is 6.51. The molecule has 1 aliphatic heterocycles. The SMILES string of the molecule is CC(C)(C)OC(=O)N[C@H](C(=O)N1CCCN1c1cc(F)ccc1Cl)c1ccccc1. The number of amides is 2. The molecule has 1 aliphatic rings. The molecule has 8 heteroatoms. The number of nitrogens with one attached hydrogen (secondary N) is 1. The van der Waals surface area contributed by atoms with Crippen molar-refractivity contribution >= 4 is 29.3 Å². The summed E-state index contributed by atoms with van der Waals surface area (Å²) in [6, 6.07) is 12.0. The van der Waals surface area contributed by atoms with Crippen LogP contribution in [0.1, 0.15) is 38.8 Å². The highest BCUT2D eigenvalue weighted by Gasteiger charge is 2.35. The number of ether oxygens (including phenoxy) is 1. The highest BCUT2D eigenvalue weighted by molar-refractivity contribution is 6.33. The molecular formula is C22H25ClFN3O3. The fraction of sp³-hybridized carbons (Fsp3) is 0.364. The van der Waals surface area contributed by atoms with E-state index in [4.69, 9.17) is 16.3 Å². The van der Waals surface area contributed by atoms with Crippen LogP contribution in [-0.2, 0) is 9.53 Å². The largest absolute Gasteiger partial charge is 0.444 e. The zero-order valence-corrected chi connectivity index (χ0v) is 17.9. The molecule has 1 N–H and O–H groups in total. The van der Waals surface area contributed by atoms with E-state index in [0.717, 1.165) is 0 Å². The molecule has 2 aromatic rings. The van der Waals surface area contributed by atoms with Gasteiger partial charge in [0, 0.05) is 19.2 Å². The second-order valence-corrected chi connectivity index (χ2v) is 8.43. The van der Waals surface area contributed by atoms with E-state index in [1.54, 1.807) is 50.0 Å². The summed E-state index contributed by atoms with van der Waals surface area (Å²) < 4.78 is 19.2. The predicted octanol–water partition coefficient (Wildman–Crippen LogP) is 4.70. The van der Waals surface area contributed by atoms with Crippen LogP contribution in [0.15, 0.2) is 48.5 Å². The molecule has 1 saturated heterocycles. The van der Waals surface area contributed by atoms with Gasteiger partial charge in [-0.1, -0.05) is 41.9 Å². The zero-order chi connectivity index (χ0) is 21.9. The quantitative estimate of drug-likeness (QED) is 0.759. The normalized spacial score (nSPS) is 15.1. The van der Waals surface area contributed by atoms with Crippen LogP contribution in [0.4, 0.5) is 14.9 Å². The van der Waals surface area contributed by atoms with E-state index >= 15 is 0 Å². The summed E-state index contributed by atoms with van der Waals surface area (Å²) in [5.41, 5.74) is 0.320. The van der Waals surface area contributed by atoms with E-state index < -0.39 is 23.6 Å². The Bertz CT molecular complexity index is 918. The number of anilines is 1. The number of nitrogens with zero attached hydrogens (tertiary/aromatic N) is 2. The summed E-state index contributed by atoms with van der Waals surface area (Å²) >= 11 is 6.26. The first kappa shape index (κ1) is 21.9. The van der Waals surface area contributed by atoms with Gasteiger partial charge < -0.3 is 10.1 Å². The van der Waals surface area contributed by atoms with Crippen molar-refractivity contribution in [2.45, 2.75) is 38.8 Å². The molecule has 1 fully saturated rings. The lowest BCUT2D eigenvalue weighted by atomic mass is 10.1. The van der Waals surface area contributed by atoms with Crippen molar-refractivity contribution in [3.8, 4) is 0 Å². The van der Waals surface area contributed by atoms with Gasteiger partial charge in [-0.05, 0) is 44.9 Å². The molecular weight excluding hydrogens is 409 g/mol. The third kappa shape index (κ3) is 5.21. The van der Waals surface area contributed by atoms with Crippen LogP contribution in [0.25, 0.3) is 0 Å². The Morgan fingerprint density at radius 1 is 1.13 bits per heavy atom. The van der Waals surface area contributed by atoms with Gasteiger partial charge in [-0.3, -0.25) is 14.8 Å². The number of hydrogen-bond donors (Lipinski definition) is 1. The molecule has 0 aliphatic carbocycles. The third-order valence-corrected chi connectivity index (χ3v) is 4.83. The fourth-order valence-electron chi connectivity index (χ4n) is 3.28. The van der Waals surface area contributed by atoms with Crippen LogP contribution in [0.3, 0.4) is 0 Å². The lowest BCUT2D eigenvalue weighted by Crippen LogP contribution is -2.49. The van der Waals surface area contributed by atoms with Gasteiger partial charge in [-0.15, -0.1) is 0 Å². The van der Waals surface area contributed by atoms with E-state index in [1.807, 2.05) is 6.07 Å². The molecule has 2 amide bonds. The number of benzene rings is 2. The monoisotopic (exact) mass is 433 g/mol. The molecule has 0 unspecified atom stereocenters. The lowest BCUT2D eigenvalue weighted by Gasteiger charge is -2.33. The van der Waals surface area contributed by atoms with Crippen molar-refractivity contribution in [2.75, 3.05) is 18.1 Å². The Labute approximate surface area is 180 Å². The third-order valence-electron chi connectivity index (χ3n) is 4.51. The van der Waals surface area contributed by atoms with Gasteiger partial charge in [-0.25, -0.2) is 9.18 Å². The van der Waals surface area contributed by atoms with Gasteiger partial charge >= 0.3 is 6.09 Å². The summed E-state index contributed by atoms with van der Waals surface area (Å²) in [4.78, 5) is 25.9. The predicted molar refractivity (Wildman–Crippen MR) is 114 cm³/mol. The number of hydrogen-bond acceptors (Lipinski definition) is 4. The summed E-state index contributed by atoms with van der Waals surface area (Å²) in [6.07, 6.45) is -0.00812. The molecule has 0 radical (unpaired) electrons. The van der Waals surface area contributed by atoms with Crippen LogP contribution in [-0.4, -0.2) is 35.7 Å². The Balaban J connectivity index is 1.90. The van der Waals surface area contributed by atoms with Crippen molar-refractivity contribution in [3.63, 3.8) is 0 Å². The standard InChI is InChI=1S/C22H25ClFN3O3/c1-22(2,3)30-21(29)25-19(15-8-5-4-6-9-15)20(28)27-13-7-12-26(27)18-14-16(24)10-11-17(18)23/h4-6,8-11,14,19H,7,12-13H2,1-3H3,(H,25,29)/t19-/m0/s1. The molecule has 3 rings (SSSR count). The second kappa shape index (κ2) is 8.92. The molecule has 6 nitrogen and oxygen atoms in total. The van der Waals surface area contributed by atoms with Crippen molar-refractivity contribution < 1.29 is 18.7 Å². The molecule has 30 heavy (non-hydrogen) atoms. The van der Waals surface area contributed by atoms with E-state index in [9.17, 15) is 14.0 Å². The molecule has 0 bridgehead atoms. The zero-order valence-electron chi connectivity index (χ0n) is 17.2. The minimum Gasteiger partial charge on any atom is -0.444 e. The van der Waals surface area contributed by atoms with Crippen molar-refractivity contribution in [2.24, 2.45) is 0 Å². The molecule has 1 heterocycles. The highest BCUT2D eigenvalue weighted by atomic mass is 35.5. The summed E-state index contributed by atoms with van der Waals surface area (Å²) in [5, 5.41) is 6.17. The first-order valence-electron chi connectivity index (χ1n) is 9.74. The van der Waals surface area contributed by atoms with Gasteiger partial charge in [0.2, 0.25) is 0 Å². The van der Waals surface area contributed by atoms with Crippen molar-refractivity contribution in [1.82, 2.24) is 10.3 Å². The van der Waals surface area contributed by atoms with E-state index in [1.165, 1.54) is 23.2 Å². The van der Waals surface area contributed by atoms with Crippen LogP contribution in [0, 0.1) is 5.82 Å². The Hall–Kier alpha value is -2.80. The van der Waals surface area contributed by atoms with E-state index in [-0.39, 0.29) is 5.91 Å². The molecule has 0 spiro atoms. The number of carbonyl (C=O) groups excluding carboxylic acids is 2. The number of hydrazine groups is 1. The lowest BCUT2D eigenvalue weighted by molar-refractivity contribution is -0.133. The van der Waals surface area contributed by atoms with Crippen LogP contribution < -0.4 is 10.3 Å². The molecule has 2 aromatic carbocycles. The van der Waals surface area contributed by atoms with Gasteiger partial charge in [0.15, 0.2) is 0 Å². The van der Waals surface area contributed by atoms with Gasteiger partial charge in [0.25, 0.3) is 5.91 Å². The number of carbonyl (C=O) groups is 2. The Morgan fingerprint density at radius 3 is 2.50 bits per heavy atom. The minimum atomic E-state index is -0.964. The number of rotatable bonds is 4. The maximum absolute atomic E-state index is 13.8. The van der Waals surface area contributed by atoms with E-state index in [2.05, 4.69) is 5.32 Å². The Morgan fingerprint density at radius 2 is 1.83 bits per heavy atom. The average Bonchev–Trinajstić information content (AvgIpc) is 3.16. The molecule has 160 valence electrons. The average molecular weight is 434 g/mol. The van der Waals surface area contributed by atoms with Gasteiger partial charge in [-0.2, -0.15) is 0 Å². The van der Waals surface area contributed by atoms with Crippen molar-refractivity contribution in [1.29, 1.82) is 0 Å². The maximum atomic E-state index is 13.8. The summed E-state index contributed by atoms with van der Waals surface area (Å²) in [6.45, 7) is 6.17. The minimum absolute atomic E-state index is 0.340. The topological polar surface area (TPSA) is 61.9 Å². The van der Waals surface area contributed by atoms with Crippen molar-refractivity contribution in [3.05, 3.63) is 64.9 Å². The van der Waals surface area contributed by atoms with Crippen LogP contribution in [0.5, 0.6) is 0 Å². The van der Waals surface area contributed by atoms with Gasteiger partial charge in [0.05, 0.1) is 10.7 Å². The van der Waals surface area contributed by atoms with E-state index in [0.29, 0.717) is 35.8 Å². The van der Waals surface area contributed by atoms with Crippen LogP contribution >= 0.6 is 11.6 Å². The smallest absolute Gasteiger partial charge is 0.408 e. The first-order valence-corrected chi connectivity index (χ1v) is 10.1. The molecule has 1 atom stereocenters. The van der Waals surface area contributed by atoms with Crippen LogP contribution in [0.2, 0.25) is 5.02 Å². The fourth-order valence-corrected chi connectivity index (χ4v) is 3.50. The second-order valence-electron chi connectivity index (χ2n) is 8.02. The number of alkyl carbamates (subject to hydrolysis) is 1. The highest BCUT2D eigenvalue weighted by Crippen LogP contribution is 2.32. The summed E-state index contributed by atoms with van der Waals surface area (Å²) in [7, 11) is 0.